The fourth-order valence-electron chi connectivity index (χ4n) is 3.26. The molecule has 0 saturated carbocycles. The minimum Gasteiger partial charge on any atom is -0.267 e. The van der Waals surface area contributed by atoms with Gasteiger partial charge in [0.1, 0.15) is 0 Å². The Kier molecular flexibility index (Phi) is 6.44. The van der Waals surface area contributed by atoms with E-state index >= 15 is 0 Å². The first-order valence-corrected chi connectivity index (χ1v) is 9.92. The van der Waals surface area contributed by atoms with Crippen molar-refractivity contribution in [2.45, 2.75) is 44.9 Å². The molecule has 0 aliphatic carbocycles. The molecule has 0 N–H and O–H groups in total. The van der Waals surface area contributed by atoms with E-state index in [0.29, 0.717) is 0 Å². The quantitative estimate of drug-likeness (QED) is 0.476. The normalized spacial score (nSPS) is 13.5. The SMILES string of the molecule is O=C1N=C(CCCCCCc2cc(Cl)cc(Br)c2)Cc2ccccc21. The van der Waals surface area contributed by atoms with Crippen LogP contribution in [-0.2, 0) is 12.8 Å². The molecule has 2 nitrogen and oxygen atoms in total. The third-order valence-electron chi connectivity index (χ3n) is 4.51. The van der Waals surface area contributed by atoms with Gasteiger partial charge in [0.05, 0.1) is 0 Å². The van der Waals surface area contributed by atoms with E-state index < -0.39 is 0 Å². The predicted octanol–water partition coefficient (Wildman–Crippen LogP) is 6.43. The van der Waals surface area contributed by atoms with E-state index in [1.165, 1.54) is 12.0 Å². The molecule has 0 atom stereocenters. The zero-order valence-electron chi connectivity index (χ0n) is 14.1. The molecule has 4 heteroatoms. The number of amides is 1. The third-order valence-corrected chi connectivity index (χ3v) is 5.18. The molecule has 0 fully saturated rings. The molecule has 130 valence electrons. The second-order valence-corrected chi connectivity index (χ2v) is 7.86. The van der Waals surface area contributed by atoms with Crippen molar-refractivity contribution in [2.75, 3.05) is 0 Å². The number of halogens is 2. The second-order valence-electron chi connectivity index (χ2n) is 6.51. The van der Waals surface area contributed by atoms with Crippen molar-refractivity contribution in [1.82, 2.24) is 0 Å². The Labute approximate surface area is 162 Å². The summed E-state index contributed by atoms with van der Waals surface area (Å²) in [5, 5.41) is 0.782. The molecule has 25 heavy (non-hydrogen) atoms. The Hall–Kier alpha value is -1.45. The zero-order valence-corrected chi connectivity index (χ0v) is 16.4. The van der Waals surface area contributed by atoms with Crippen molar-refractivity contribution in [3.8, 4) is 0 Å². The van der Waals surface area contributed by atoms with Crippen LogP contribution in [0.4, 0.5) is 0 Å². The molecule has 0 radical (unpaired) electrons. The van der Waals surface area contributed by atoms with Crippen LogP contribution in [0.2, 0.25) is 5.02 Å². The third kappa shape index (κ3) is 5.26. The molecule has 1 aliphatic heterocycles. The summed E-state index contributed by atoms with van der Waals surface area (Å²) in [6.45, 7) is 0. The Morgan fingerprint density at radius 3 is 2.56 bits per heavy atom. The molecule has 2 aromatic rings. The van der Waals surface area contributed by atoms with Crippen LogP contribution in [0.3, 0.4) is 0 Å². The van der Waals surface area contributed by atoms with E-state index in [9.17, 15) is 4.79 Å². The Balaban J connectivity index is 1.39. The fraction of sp³-hybridized carbons (Fsp3) is 0.333. The monoisotopic (exact) mass is 417 g/mol. The predicted molar refractivity (Wildman–Crippen MR) is 108 cm³/mol. The lowest BCUT2D eigenvalue weighted by molar-refractivity contribution is 0.1000. The molecule has 0 aromatic heterocycles. The number of hydrogen-bond acceptors (Lipinski definition) is 1. The number of aryl methyl sites for hydroxylation is 1. The summed E-state index contributed by atoms with van der Waals surface area (Å²) in [5.41, 5.74) is 4.18. The second kappa shape index (κ2) is 8.77. The van der Waals surface area contributed by atoms with Crippen LogP contribution in [0, 0.1) is 0 Å². The molecule has 0 unspecified atom stereocenters. The lowest BCUT2D eigenvalue weighted by Gasteiger charge is -2.14. The lowest BCUT2D eigenvalue weighted by Crippen LogP contribution is -2.16. The number of aliphatic imine (C=N–C) groups is 1. The van der Waals surface area contributed by atoms with E-state index in [2.05, 4.69) is 27.0 Å². The average molecular weight is 419 g/mol. The summed E-state index contributed by atoms with van der Waals surface area (Å²) < 4.78 is 1.04. The summed E-state index contributed by atoms with van der Waals surface area (Å²) in [6.07, 6.45) is 7.38. The lowest BCUT2D eigenvalue weighted by atomic mass is 9.95. The van der Waals surface area contributed by atoms with Crippen molar-refractivity contribution >= 4 is 39.1 Å². The molecule has 0 bridgehead atoms. The topological polar surface area (TPSA) is 29.4 Å². The van der Waals surface area contributed by atoms with Gasteiger partial charge in [-0.05, 0) is 61.1 Å². The average Bonchev–Trinajstić information content (AvgIpc) is 2.57. The van der Waals surface area contributed by atoms with Crippen LogP contribution in [0.5, 0.6) is 0 Å². The maximum Gasteiger partial charge on any atom is 0.277 e. The fourth-order valence-corrected chi connectivity index (χ4v) is 4.19. The number of benzene rings is 2. The highest BCUT2D eigenvalue weighted by Gasteiger charge is 2.18. The van der Waals surface area contributed by atoms with Crippen LogP contribution in [0.25, 0.3) is 0 Å². The van der Waals surface area contributed by atoms with Crippen LogP contribution in [0.1, 0.15) is 53.6 Å². The van der Waals surface area contributed by atoms with Gasteiger partial charge in [-0.15, -0.1) is 0 Å². The molecule has 1 heterocycles. The summed E-state index contributed by atoms with van der Waals surface area (Å²) in [4.78, 5) is 16.3. The first-order valence-electron chi connectivity index (χ1n) is 8.75. The van der Waals surface area contributed by atoms with Crippen molar-refractivity contribution in [3.05, 3.63) is 68.7 Å². The minimum absolute atomic E-state index is 0.0802. The van der Waals surface area contributed by atoms with Crippen LogP contribution in [-0.4, -0.2) is 11.6 Å². The zero-order chi connectivity index (χ0) is 17.6. The van der Waals surface area contributed by atoms with E-state index in [0.717, 1.165) is 64.9 Å². The summed E-state index contributed by atoms with van der Waals surface area (Å²) in [5.74, 6) is -0.0802. The smallest absolute Gasteiger partial charge is 0.267 e. The van der Waals surface area contributed by atoms with Gasteiger partial charge in [-0.2, -0.15) is 0 Å². The standard InChI is InChI=1S/C21H21BrClNO/c22-17-11-15(12-18(23)14-17)7-3-1-2-4-9-19-13-16-8-5-6-10-20(16)21(25)24-19/h5-6,8,10-12,14H,1-4,7,9,13H2. The molecule has 2 aromatic carbocycles. The number of fused-ring (bicyclic) bond motifs is 1. The van der Waals surface area contributed by atoms with Crippen molar-refractivity contribution in [3.63, 3.8) is 0 Å². The van der Waals surface area contributed by atoms with E-state index in [1.54, 1.807) is 0 Å². The maximum absolute atomic E-state index is 12.0. The Bertz CT molecular complexity index is 780. The van der Waals surface area contributed by atoms with Gasteiger partial charge in [-0.3, -0.25) is 4.79 Å². The highest BCUT2D eigenvalue weighted by atomic mass is 79.9. The van der Waals surface area contributed by atoms with Crippen LogP contribution >= 0.6 is 27.5 Å². The number of hydrogen-bond donors (Lipinski definition) is 0. The molecule has 0 spiro atoms. The van der Waals surface area contributed by atoms with Gasteiger partial charge < -0.3 is 0 Å². The first kappa shape index (κ1) is 18.3. The number of carbonyl (C=O) groups is 1. The van der Waals surface area contributed by atoms with Gasteiger partial charge >= 0.3 is 0 Å². The van der Waals surface area contributed by atoms with Gasteiger partial charge in [-0.1, -0.05) is 58.6 Å². The number of unbranched alkanes of at least 4 members (excludes halogenated alkanes) is 3. The summed E-state index contributed by atoms with van der Waals surface area (Å²) in [7, 11) is 0. The van der Waals surface area contributed by atoms with Crippen LogP contribution in [0.15, 0.2) is 51.9 Å². The summed E-state index contributed by atoms with van der Waals surface area (Å²) >= 11 is 9.56. The molecule has 3 rings (SSSR count). The van der Waals surface area contributed by atoms with E-state index in [-0.39, 0.29) is 5.91 Å². The van der Waals surface area contributed by atoms with Crippen molar-refractivity contribution in [2.24, 2.45) is 4.99 Å². The largest absolute Gasteiger partial charge is 0.277 e. The van der Waals surface area contributed by atoms with E-state index in [1.807, 2.05) is 36.4 Å². The van der Waals surface area contributed by atoms with Gasteiger partial charge in [0.15, 0.2) is 0 Å². The van der Waals surface area contributed by atoms with Gasteiger partial charge in [0.25, 0.3) is 5.91 Å². The Morgan fingerprint density at radius 1 is 1.00 bits per heavy atom. The van der Waals surface area contributed by atoms with E-state index in [4.69, 9.17) is 11.6 Å². The first-order chi connectivity index (χ1) is 12.1. The minimum atomic E-state index is -0.0802. The summed E-state index contributed by atoms with van der Waals surface area (Å²) in [6, 6.07) is 13.9. The van der Waals surface area contributed by atoms with Gasteiger partial charge in [0.2, 0.25) is 0 Å². The highest BCUT2D eigenvalue weighted by molar-refractivity contribution is 9.10. The molecule has 1 amide bonds. The van der Waals surface area contributed by atoms with Crippen molar-refractivity contribution in [1.29, 1.82) is 0 Å². The number of rotatable bonds is 7. The van der Waals surface area contributed by atoms with Gasteiger partial charge in [-0.25, -0.2) is 4.99 Å². The maximum atomic E-state index is 12.0. The Morgan fingerprint density at radius 2 is 1.76 bits per heavy atom. The van der Waals surface area contributed by atoms with Crippen LogP contribution < -0.4 is 0 Å². The number of carbonyl (C=O) groups excluding carboxylic acids is 1. The molecular formula is C21H21BrClNO. The van der Waals surface area contributed by atoms with Gasteiger partial charge in [0, 0.05) is 27.2 Å². The molecular weight excluding hydrogens is 398 g/mol. The molecule has 1 aliphatic rings. The molecule has 0 saturated heterocycles. The van der Waals surface area contributed by atoms with Crippen molar-refractivity contribution < 1.29 is 4.79 Å². The highest BCUT2D eigenvalue weighted by Crippen LogP contribution is 2.22. The number of nitrogens with zero attached hydrogens (tertiary/aromatic N) is 1.